The number of hydrogen-bond donors (Lipinski definition) is 2. The normalized spacial score (nSPS) is 15.1. The largest absolute Gasteiger partial charge is 0.497 e. The van der Waals surface area contributed by atoms with Gasteiger partial charge in [-0.3, -0.25) is 9.59 Å². The Morgan fingerprint density at radius 1 is 1.09 bits per heavy atom. The smallest absolute Gasteiger partial charge is 0.239 e. The second kappa shape index (κ2) is 8.41. The number of rotatable bonds is 6. The minimum absolute atomic E-state index is 0.0471. The van der Waals surface area contributed by atoms with Gasteiger partial charge in [-0.25, -0.2) is 0 Å². The lowest BCUT2D eigenvalue weighted by atomic mass is 9.95. The number of benzene rings is 1. The quantitative estimate of drug-likeness (QED) is 0.842. The molecule has 0 radical (unpaired) electrons. The lowest BCUT2D eigenvalue weighted by Crippen LogP contribution is -2.43. The Balaban J connectivity index is 1.68. The van der Waals surface area contributed by atoms with Gasteiger partial charge in [-0.15, -0.1) is 0 Å². The molecular weight excluding hydrogens is 280 g/mol. The van der Waals surface area contributed by atoms with Crippen LogP contribution in [0.25, 0.3) is 0 Å². The molecule has 1 fully saturated rings. The summed E-state index contributed by atoms with van der Waals surface area (Å²) in [7, 11) is 1.60. The van der Waals surface area contributed by atoms with E-state index in [0.29, 0.717) is 0 Å². The van der Waals surface area contributed by atoms with Crippen molar-refractivity contribution in [2.24, 2.45) is 0 Å². The number of nitrogens with one attached hydrogen (secondary N) is 2. The third-order valence-electron chi connectivity index (χ3n) is 3.94. The van der Waals surface area contributed by atoms with E-state index in [4.69, 9.17) is 4.74 Å². The van der Waals surface area contributed by atoms with Crippen LogP contribution in [-0.2, 0) is 16.0 Å². The molecule has 0 heterocycles. The molecule has 5 nitrogen and oxygen atoms in total. The maximum atomic E-state index is 11.8. The number of amides is 2. The van der Waals surface area contributed by atoms with Gasteiger partial charge in [0.15, 0.2) is 0 Å². The highest BCUT2D eigenvalue weighted by atomic mass is 16.5. The van der Waals surface area contributed by atoms with Crippen molar-refractivity contribution in [3.8, 4) is 5.75 Å². The first-order valence-electron chi connectivity index (χ1n) is 7.86. The van der Waals surface area contributed by atoms with E-state index >= 15 is 0 Å². The van der Waals surface area contributed by atoms with Crippen LogP contribution < -0.4 is 15.4 Å². The van der Waals surface area contributed by atoms with Crippen molar-refractivity contribution in [1.82, 2.24) is 10.6 Å². The van der Waals surface area contributed by atoms with Gasteiger partial charge in [-0.1, -0.05) is 31.4 Å². The molecule has 0 saturated heterocycles. The molecule has 0 aliphatic heterocycles. The zero-order chi connectivity index (χ0) is 15.8. The van der Waals surface area contributed by atoms with Gasteiger partial charge in [0.05, 0.1) is 20.1 Å². The summed E-state index contributed by atoms with van der Waals surface area (Å²) in [6, 6.07) is 7.61. The molecule has 1 aromatic carbocycles. The number of hydrogen-bond acceptors (Lipinski definition) is 3. The minimum atomic E-state index is -0.149. The van der Waals surface area contributed by atoms with Crippen LogP contribution in [0.15, 0.2) is 24.3 Å². The number of carbonyl (C=O) groups is 2. The van der Waals surface area contributed by atoms with E-state index in [0.717, 1.165) is 24.2 Å². The average Bonchev–Trinajstić information content (AvgIpc) is 2.55. The van der Waals surface area contributed by atoms with Gasteiger partial charge < -0.3 is 15.4 Å². The highest BCUT2D eigenvalue weighted by Gasteiger charge is 2.15. The molecule has 0 aromatic heterocycles. The van der Waals surface area contributed by atoms with Gasteiger partial charge in [0.25, 0.3) is 0 Å². The Morgan fingerprint density at radius 3 is 2.41 bits per heavy atom. The van der Waals surface area contributed by atoms with Crippen molar-refractivity contribution in [3.63, 3.8) is 0 Å². The zero-order valence-electron chi connectivity index (χ0n) is 13.1. The van der Waals surface area contributed by atoms with Gasteiger partial charge in [0, 0.05) is 6.04 Å². The molecule has 120 valence electrons. The first kappa shape index (κ1) is 16.3. The first-order valence-corrected chi connectivity index (χ1v) is 7.86. The SMILES string of the molecule is COc1ccc(CC(=O)NCC(=O)NC2CCCCC2)cc1. The molecule has 0 atom stereocenters. The summed E-state index contributed by atoms with van der Waals surface area (Å²) in [5.74, 6) is 0.509. The summed E-state index contributed by atoms with van der Waals surface area (Å²) < 4.78 is 5.07. The second-order valence-corrected chi connectivity index (χ2v) is 5.70. The van der Waals surface area contributed by atoms with Crippen LogP contribution in [0.4, 0.5) is 0 Å². The van der Waals surface area contributed by atoms with E-state index < -0.39 is 0 Å². The Hall–Kier alpha value is -2.04. The summed E-state index contributed by atoms with van der Waals surface area (Å²) in [4.78, 5) is 23.7. The fraction of sp³-hybridized carbons (Fsp3) is 0.529. The van der Waals surface area contributed by atoms with Crippen LogP contribution in [0.5, 0.6) is 5.75 Å². The highest BCUT2D eigenvalue weighted by Crippen LogP contribution is 2.17. The van der Waals surface area contributed by atoms with Gasteiger partial charge in [0.2, 0.25) is 11.8 Å². The van der Waals surface area contributed by atoms with E-state index in [2.05, 4.69) is 10.6 Å². The molecule has 0 bridgehead atoms. The van der Waals surface area contributed by atoms with Crippen LogP contribution in [-0.4, -0.2) is 31.5 Å². The molecule has 1 aliphatic rings. The summed E-state index contributed by atoms with van der Waals surface area (Å²) in [6.45, 7) is 0.0471. The van der Waals surface area contributed by atoms with E-state index in [1.807, 2.05) is 24.3 Å². The Labute approximate surface area is 131 Å². The Morgan fingerprint density at radius 2 is 1.77 bits per heavy atom. The predicted molar refractivity (Wildman–Crippen MR) is 84.7 cm³/mol. The predicted octanol–water partition coefficient (Wildman–Crippen LogP) is 1.80. The van der Waals surface area contributed by atoms with E-state index in [-0.39, 0.29) is 30.8 Å². The minimum Gasteiger partial charge on any atom is -0.497 e. The fourth-order valence-corrected chi connectivity index (χ4v) is 2.70. The third-order valence-corrected chi connectivity index (χ3v) is 3.94. The van der Waals surface area contributed by atoms with Crippen molar-refractivity contribution in [3.05, 3.63) is 29.8 Å². The van der Waals surface area contributed by atoms with E-state index in [9.17, 15) is 9.59 Å². The average molecular weight is 304 g/mol. The Kier molecular flexibility index (Phi) is 6.25. The van der Waals surface area contributed by atoms with E-state index in [1.165, 1.54) is 19.3 Å². The number of carbonyl (C=O) groups excluding carboxylic acids is 2. The molecule has 1 aromatic rings. The fourth-order valence-electron chi connectivity index (χ4n) is 2.70. The van der Waals surface area contributed by atoms with Gasteiger partial charge in [-0.2, -0.15) is 0 Å². The zero-order valence-corrected chi connectivity index (χ0v) is 13.1. The topological polar surface area (TPSA) is 67.4 Å². The van der Waals surface area contributed by atoms with Crippen molar-refractivity contribution >= 4 is 11.8 Å². The summed E-state index contributed by atoms with van der Waals surface area (Å²) in [5, 5.41) is 5.65. The molecule has 0 spiro atoms. The summed E-state index contributed by atoms with van der Waals surface area (Å²) in [6.07, 6.45) is 5.96. The molecule has 2 amide bonds. The standard InChI is InChI=1S/C17H24N2O3/c1-22-15-9-7-13(8-10-15)11-16(20)18-12-17(21)19-14-5-3-2-4-6-14/h7-10,14H,2-6,11-12H2,1H3,(H,18,20)(H,19,21). The van der Waals surface area contributed by atoms with Gasteiger partial charge >= 0.3 is 0 Å². The van der Waals surface area contributed by atoms with Crippen LogP contribution in [0.3, 0.4) is 0 Å². The molecule has 1 aliphatic carbocycles. The van der Waals surface area contributed by atoms with Gasteiger partial charge in [0.1, 0.15) is 5.75 Å². The highest BCUT2D eigenvalue weighted by molar-refractivity contribution is 5.85. The molecule has 1 saturated carbocycles. The molecule has 22 heavy (non-hydrogen) atoms. The molecule has 2 N–H and O–H groups in total. The van der Waals surface area contributed by atoms with Gasteiger partial charge in [-0.05, 0) is 30.5 Å². The summed E-state index contributed by atoms with van der Waals surface area (Å²) in [5.41, 5.74) is 0.894. The first-order chi connectivity index (χ1) is 10.7. The molecular formula is C17H24N2O3. The van der Waals surface area contributed by atoms with Crippen LogP contribution in [0.1, 0.15) is 37.7 Å². The number of methoxy groups -OCH3 is 1. The monoisotopic (exact) mass is 304 g/mol. The van der Waals surface area contributed by atoms with Crippen molar-refractivity contribution in [1.29, 1.82) is 0 Å². The maximum absolute atomic E-state index is 11.8. The van der Waals surface area contributed by atoms with Crippen LogP contribution in [0, 0.1) is 0 Å². The maximum Gasteiger partial charge on any atom is 0.239 e. The molecule has 2 rings (SSSR count). The van der Waals surface area contributed by atoms with Crippen LogP contribution in [0.2, 0.25) is 0 Å². The third kappa shape index (κ3) is 5.39. The summed E-state index contributed by atoms with van der Waals surface area (Å²) >= 11 is 0. The lowest BCUT2D eigenvalue weighted by Gasteiger charge is -2.22. The Bertz CT molecular complexity index is 493. The molecule has 0 unspecified atom stereocenters. The van der Waals surface area contributed by atoms with Crippen molar-refractivity contribution in [2.45, 2.75) is 44.6 Å². The molecule has 5 heteroatoms. The number of ether oxygens (including phenoxy) is 1. The van der Waals surface area contributed by atoms with E-state index in [1.54, 1.807) is 7.11 Å². The lowest BCUT2D eigenvalue weighted by molar-refractivity contribution is -0.126. The van der Waals surface area contributed by atoms with Crippen molar-refractivity contribution < 1.29 is 14.3 Å². The van der Waals surface area contributed by atoms with Crippen molar-refractivity contribution in [2.75, 3.05) is 13.7 Å². The second-order valence-electron chi connectivity index (χ2n) is 5.70. The van der Waals surface area contributed by atoms with Crippen LogP contribution >= 0.6 is 0 Å².